The fraction of sp³-hybridized carbons (Fsp3) is 0.706. The molecule has 0 N–H and O–H groups in total. The number of allylic oxidation sites excluding steroid dienone is 3. The second-order valence-corrected chi connectivity index (χ2v) is 6.62. The Bertz CT molecular complexity index is 446. The van der Waals surface area contributed by atoms with Gasteiger partial charge in [0.25, 0.3) is 0 Å². The van der Waals surface area contributed by atoms with E-state index in [1.807, 2.05) is 0 Å². The Morgan fingerprint density at radius 3 is 2.63 bits per heavy atom. The third-order valence-electron chi connectivity index (χ3n) is 5.68. The molecule has 1 saturated heterocycles. The van der Waals surface area contributed by atoms with E-state index in [1.165, 1.54) is 11.3 Å². The number of rotatable bonds is 4. The van der Waals surface area contributed by atoms with E-state index >= 15 is 0 Å². The van der Waals surface area contributed by atoms with E-state index in [9.17, 15) is 0 Å². The van der Waals surface area contributed by atoms with Gasteiger partial charge >= 0.3 is 0 Å². The Kier molecular flexibility index (Phi) is 3.40. The van der Waals surface area contributed by atoms with Gasteiger partial charge in [-0.15, -0.1) is 0 Å². The van der Waals surface area contributed by atoms with E-state index in [0.717, 1.165) is 13.0 Å². The SMILES string of the molecule is C=N[C@]12[C@@H](C)C(/C=C/CC)=C(C)N1C[C@]2(C)C(C)C. The molecule has 0 aromatic heterocycles. The fourth-order valence-electron chi connectivity index (χ4n) is 4.09. The van der Waals surface area contributed by atoms with Crippen LogP contribution in [0.4, 0.5) is 0 Å². The maximum Gasteiger partial charge on any atom is 0.145 e. The molecule has 0 aliphatic carbocycles. The predicted octanol–water partition coefficient (Wildman–Crippen LogP) is 4.25. The van der Waals surface area contributed by atoms with Gasteiger partial charge in [-0.1, -0.05) is 46.8 Å². The molecule has 0 amide bonds. The van der Waals surface area contributed by atoms with Crippen LogP contribution in [-0.4, -0.2) is 23.8 Å². The third-order valence-corrected chi connectivity index (χ3v) is 5.68. The lowest BCUT2D eigenvalue weighted by molar-refractivity contribution is -0.155. The van der Waals surface area contributed by atoms with Crippen LogP contribution in [0.25, 0.3) is 0 Å². The Hall–Kier alpha value is -1.05. The Labute approximate surface area is 118 Å². The van der Waals surface area contributed by atoms with Gasteiger partial charge in [0, 0.05) is 23.6 Å². The monoisotopic (exact) mass is 260 g/mol. The van der Waals surface area contributed by atoms with Gasteiger partial charge in [0.2, 0.25) is 0 Å². The summed E-state index contributed by atoms with van der Waals surface area (Å²) in [7, 11) is 0. The maximum absolute atomic E-state index is 4.65. The molecule has 2 heterocycles. The van der Waals surface area contributed by atoms with Gasteiger partial charge in [0.05, 0.1) is 0 Å². The van der Waals surface area contributed by atoms with Crippen LogP contribution in [0, 0.1) is 17.3 Å². The third kappa shape index (κ3) is 1.52. The molecule has 2 heteroatoms. The molecule has 2 aliphatic rings. The molecule has 0 spiro atoms. The van der Waals surface area contributed by atoms with Gasteiger partial charge in [-0.3, -0.25) is 4.99 Å². The van der Waals surface area contributed by atoms with Crippen LogP contribution < -0.4 is 0 Å². The lowest BCUT2D eigenvalue weighted by atomic mass is 9.58. The van der Waals surface area contributed by atoms with Crippen molar-refractivity contribution in [2.24, 2.45) is 22.2 Å². The zero-order valence-corrected chi connectivity index (χ0v) is 13.3. The normalized spacial score (nSPS) is 38.1. The smallest absolute Gasteiger partial charge is 0.145 e. The van der Waals surface area contributed by atoms with E-state index in [0.29, 0.717) is 11.8 Å². The molecule has 0 aromatic carbocycles. The minimum atomic E-state index is -0.126. The van der Waals surface area contributed by atoms with Gasteiger partial charge < -0.3 is 4.90 Å². The second kappa shape index (κ2) is 4.50. The highest BCUT2D eigenvalue weighted by atomic mass is 15.4. The highest BCUT2D eigenvalue weighted by Gasteiger charge is 2.68. The molecular formula is C17H28N2. The lowest BCUT2D eigenvalue weighted by Gasteiger charge is -2.65. The van der Waals surface area contributed by atoms with Crippen molar-refractivity contribution in [3.63, 3.8) is 0 Å². The van der Waals surface area contributed by atoms with Crippen molar-refractivity contribution in [3.05, 3.63) is 23.4 Å². The highest BCUT2D eigenvalue weighted by molar-refractivity contribution is 5.44. The summed E-state index contributed by atoms with van der Waals surface area (Å²) in [6.45, 7) is 18.8. The zero-order valence-electron chi connectivity index (χ0n) is 13.3. The van der Waals surface area contributed by atoms with Crippen molar-refractivity contribution in [2.45, 2.75) is 53.6 Å². The summed E-state index contributed by atoms with van der Waals surface area (Å²) in [4.78, 5) is 7.12. The number of hydrogen-bond donors (Lipinski definition) is 0. The molecule has 19 heavy (non-hydrogen) atoms. The number of fused-ring (bicyclic) bond motifs is 1. The first-order chi connectivity index (χ1) is 8.86. The minimum absolute atomic E-state index is 0.126. The Morgan fingerprint density at radius 2 is 2.16 bits per heavy atom. The highest BCUT2D eigenvalue weighted by Crippen LogP contribution is 2.63. The quantitative estimate of drug-likeness (QED) is 0.690. The van der Waals surface area contributed by atoms with E-state index in [2.05, 4.69) is 70.3 Å². The summed E-state index contributed by atoms with van der Waals surface area (Å²) in [6, 6.07) is 0. The summed E-state index contributed by atoms with van der Waals surface area (Å²) in [6.07, 6.45) is 5.64. The molecule has 2 nitrogen and oxygen atoms in total. The summed E-state index contributed by atoms with van der Waals surface area (Å²) in [5.74, 6) is 1.04. The molecule has 0 saturated carbocycles. The first-order valence-corrected chi connectivity index (χ1v) is 7.49. The predicted molar refractivity (Wildman–Crippen MR) is 83.2 cm³/mol. The average Bonchev–Trinajstić information content (AvgIpc) is 2.52. The van der Waals surface area contributed by atoms with Gasteiger partial charge in [0.15, 0.2) is 0 Å². The van der Waals surface area contributed by atoms with Crippen molar-refractivity contribution < 1.29 is 0 Å². The fourth-order valence-corrected chi connectivity index (χ4v) is 4.09. The number of nitrogens with zero attached hydrogens (tertiary/aromatic N) is 2. The zero-order chi connectivity index (χ0) is 14.4. The van der Waals surface area contributed by atoms with Crippen molar-refractivity contribution in [2.75, 3.05) is 6.54 Å². The van der Waals surface area contributed by atoms with Crippen LogP contribution >= 0.6 is 0 Å². The molecule has 2 rings (SSSR count). The van der Waals surface area contributed by atoms with Gasteiger partial charge in [-0.2, -0.15) is 0 Å². The van der Waals surface area contributed by atoms with E-state index in [4.69, 9.17) is 0 Å². The largest absolute Gasteiger partial charge is 0.349 e. The molecule has 0 aromatic rings. The van der Waals surface area contributed by atoms with Crippen LogP contribution in [0.15, 0.2) is 28.4 Å². The molecule has 106 valence electrons. The topological polar surface area (TPSA) is 15.6 Å². The van der Waals surface area contributed by atoms with Crippen LogP contribution in [0.3, 0.4) is 0 Å². The van der Waals surface area contributed by atoms with Crippen molar-refractivity contribution in [3.8, 4) is 0 Å². The van der Waals surface area contributed by atoms with Crippen molar-refractivity contribution in [1.82, 2.24) is 4.90 Å². The van der Waals surface area contributed by atoms with Crippen LogP contribution in [0.2, 0.25) is 0 Å². The van der Waals surface area contributed by atoms with Crippen LogP contribution in [0.1, 0.15) is 48.0 Å². The van der Waals surface area contributed by atoms with Gasteiger partial charge in [-0.25, -0.2) is 0 Å². The molecule has 1 fully saturated rings. The molecular weight excluding hydrogens is 232 g/mol. The van der Waals surface area contributed by atoms with Crippen LogP contribution in [0.5, 0.6) is 0 Å². The second-order valence-electron chi connectivity index (χ2n) is 6.62. The maximum atomic E-state index is 4.65. The van der Waals surface area contributed by atoms with Crippen molar-refractivity contribution in [1.29, 1.82) is 0 Å². The first-order valence-electron chi connectivity index (χ1n) is 7.49. The lowest BCUT2D eigenvalue weighted by Crippen LogP contribution is -2.73. The summed E-state index contributed by atoms with van der Waals surface area (Å²) in [5, 5.41) is 0. The Morgan fingerprint density at radius 1 is 1.53 bits per heavy atom. The summed E-state index contributed by atoms with van der Waals surface area (Å²) < 4.78 is 0. The van der Waals surface area contributed by atoms with Gasteiger partial charge in [-0.05, 0) is 31.6 Å². The first kappa shape index (κ1) is 14.4. The average molecular weight is 260 g/mol. The molecule has 0 bridgehead atoms. The molecule has 2 aliphatic heterocycles. The van der Waals surface area contributed by atoms with Gasteiger partial charge in [0.1, 0.15) is 5.66 Å². The standard InChI is InChI=1S/C17H28N2/c1-8-9-10-15-13(4)17(18-7)16(6,12(2)3)11-19(17)14(15)5/h9-10,12-13H,7-8,11H2,1-6H3/b10-9+/t13-,16+,17+/m0/s1. The van der Waals surface area contributed by atoms with E-state index in [-0.39, 0.29) is 11.1 Å². The number of hydrogen-bond acceptors (Lipinski definition) is 2. The Balaban J connectivity index is 2.44. The van der Waals surface area contributed by atoms with Crippen molar-refractivity contribution >= 4 is 6.72 Å². The minimum Gasteiger partial charge on any atom is -0.349 e. The van der Waals surface area contributed by atoms with E-state index < -0.39 is 0 Å². The summed E-state index contributed by atoms with van der Waals surface area (Å²) in [5.41, 5.74) is 2.93. The molecule has 0 radical (unpaired) electrons. The molecule has 0 unspecified atom stereocenters. The summed E-state index contributed by atoms with van der Waals surface area (Å²) >= 11 is 0. The number of aliphatic imine (C=N–C) groups is 1. The van der Waals surface area contributed by atoms with E-state index in [1.54, 1.807) is 0 Å². The molecule has 3 atom stereocenters. The van der Waals surface area contributed by atoms with Crippen LogP contribution in [-0.2, 0) is 0 Å².